The zero-order valence-electron chi connectivity index (χ0n) is 17.2. The number of H-pyrrole nitrogens is 1. The van der Waals surface area contributed by atoms with E-state index in [9.17, 15) is 4.79 Å². The molecule has 1 aliphatic rings. The predicted octanol–water partition coefficient (Wildman–Crippen LogP) is 4.43. The zero-order valence-corrected chi connectivity index (χ0v) is 17.2. The smallest absolute Gasteiger partial charge is 0.256 e. The minimum atomic E-state index is 0.0346. The molecule has 0 bridgehead atoms. The summed E-state index contributed by atoms with van der Waals surface area (Å²) in [6, 6.07) is 20.0. The van der Waals surface area contributed by atoms with E-state index < -0.39 is 0 Å². The largest absolute Gasteiger partial charge is 0.326 e. The SMILES string of the molecule is CCCC1c2ncccc2C(=O)N1Cc1ccc(-c2ccccc2-c2nn[nH]n2)cc1. The summed E-state index contributed by atoms with van der Waals surface area (Å²) in [5, 5.41) is 14.4. The Morgan fingerprint density at radius 2 is 1.74 bits per heavy atom. The van der Waals surface area contributed by atoms with Crippen LogP contribution in [0, 0.1) is 0 Å². The van der Waals surface area contributed by atoms with Crippen molar-refractivity contribution in [3.05, 3.63) is 83.7 Å². The van der Waals surface area contributed by atoms with E-state index in [0.29, 0.717) is 12.4 Å². The number of hydrogen-bond donors (Lipinski definition) is 1. The molecule has 1 aliphatic heterocycles. The van der Waals surface area contributed by atoms with Crippen molar-refractivity contribution < 1.29 is 4.79 Å². The van der Waals surface area contributed by atoms with E-state index in [1.807, 2.05) is 41.3 Å². The van der Waals surface area contributed by atoms with Gasteiger partial charge in [0.2, 0.25) is 5.82 Å². The zero-order chi connectivity index (χ0) is 21.2. The topological polar surface area (TPSA) is 87.7 Å². The highest BCUT2D eigenvalue weighted by Crippen LogP contribution is 2.36. The fraction of sp³-hybridized carbons (Fsp3) is 0.208. The van der Waals surface area contributed by atoms with Gasteiger partial charge in [0.1, 0.15) is 0 Å². The van der Waals surface area contributed by atoms with Gasteiger partial charge >= 0.3 is 0 Å². The standard InChI is InChI=1S/C24H22N6O/c1-2-6-21-22-20(9-5-14-25-22)24(31)30(21)15-16-10-12-17(13-11-16)18-7-3-4-8-19(18)23-26-28-29-27-23/h3-5,7-14,21H,2,6,15H2,1H3,(H,26,27,28,29). The van der Waals surface area contributed by atoms with Crippen molar-refractivity contribution in [2.24, 2.45) is 0 Å². The van der Waals surface area contributed by atoms with Gasteiger partial charge in [-0.1, -0.05) is 61.9 Å². The fourth-order valence-corrected chi connectivity index (χ4v) is 4.25. The third-order valence-electron chi connectivity index (χ3n) is 5.71. The number of pyridine rings is 1. The van der Waals surface area contributed by atoms with E-state index in [0.717, 1.165) is 46.4 Å². The number of aromatic amines is 1. The van der Waals surface area contributed by atoms with Crippen LogP contribution in [0.2, 0.25) is 0 Å². The van der Waals surface area contributed by atoms with Crippen LogP contribution in [-0.4, -0.2) is 36.4 Å². The second kappa shape index (κ2) is 8.10. The Labute approximate surface area is 180 Å². The first-order valence-electron chi connectivity index (χ1n) is 10.4. The minimum absolute atomic E-state index is 0.0346. The Morgan fingerprint density at radius 1 is 0.968 bits per heavy atom. The van der Waals surface area contributed by atoms with Gasteiger partial charge in [0, 0.05) is 18.3 Å². The lowest BCUT2D eigenvalue weighted by Crippen LogP contribution is -2.27. The maximum Gasteiger partial charge on any atom is 0.256 e. The molecule has 0 saturated heterocycles. The van der Waals surface area contributed by atoms with Crippen molar-refractivity contribution in [3.63, 3.8) is 0 Å². The number of aromatic nitrogens is 5. The van der Waals surface area contributed by atoms with Crippen molar-refractivity contribution in [2.45, 2.75) is 32.4 Å². The lowest BCUT2D eigenvalue weighted by Gasteiger charge is -2.24. The molecule has 154 valence electrons. The van der Waals surface area contributed by atoms with Crippen LogP contribution in [0.25, 0.3) is 22.5 Å². The molecular formula is C24H22N6O. The first kappa shape index (κ1) is 19.1. The van der Waals surface area contributed by atoms with Crippen molar-refractivity contribution in [1.82, 2.24) is 30.5 Å². The molecule has 0 saturated carbocycles. The summed E-state index contributed by atoms with van der Waals surface area (Å²) in [6.07, 6.45) is 3.68. The van der Waals surface area contributed by atoms with Crippen LogP contribution in [0.4, 0.5) is 0 Å². The Hall–Kier alpha value is -3.87. The van der Waals surface area contributed by atoms with Gasteiger partial charge < -0.3 is 4.90 Å². The number of hydrogen-bond acceptors (Lipinski definition) is 5. The number of rotatable bonds is 6. The molecule has 31 heavy (non-hydrogen) atoms. The van der Waals surface area contributed by atoms with Gasteiger partial charge in [-0.2, -0.15) is 5.21 Å². The molecular weight excluding hydrogens is 388 g/mol. The third-order valence-corrected chi connectivity index (χ3v) is 5.71. The fourth-order valence-electron chi connectivity index (χ4n) is 4.25. The first-order valence-corrected chi connectivity index (χ1v) is 10.4. The van der Waals surface area contributed by atoms with Crippen molar-refractivity contribution in [3.8, 4) is 22.5 Å². The lowest BCUT2D eigenvalue weighted by atomic mass is 9.98. The van der Waals surface area contributed by atoms with Gasteiger partial charge in [0.25, 0.3) is 5.91 Å². The molecule has 1 amide bonds. The Kier molecular flexibility index (Phi) is 5.00. The highest BCUT2D eigenvalue weighted by molar-refractivity contribution is 5.98. The number of nitrogens with one attached hydrogen (secondary N) is 1. The highest BCUT2D eigenvalue weighted by atomic mass is 16.2. The number of carbonyl (C=O) groups is 1. The monoisotopic (exact) mass is 410 g/mol. The summed E-state index contributed by atoms with van der Waals surface area (Å²) in [5.41, 5.74) is 5.73. The average Bonchev–Trinajstić information content (AvgIpc) is 3.44. The lowest BCUT2D eigenvalue weighted by molar-refractivity contribution is 0.0699. The van der Waals surface area contributed by atoms with Crippen LogP contribution in [0.1, 0.15) is 47.4 Å². The van der Waals surface area contributed by atoms with Crippen molar-refractivity contribution >= 4 is 5.91 Å². The summed E-state index contributed by atoms with van der Waals surface area (Å²) in [6.45, 7) is 2.70. The summed E-state index contributed by atoms with van der Waals surface area (Å²) >= 11 is 0. The van der Waals surface area contributed by atoms with E-state index in [2.05, 4.69) is 56.8 Å². The van der Waals surface area contributed by atoms with Crippen LogP contribution in [0.15, 0.2) is 66.9 Å². The van der Waals surface area contributed by atoms with Gasteiger partial charge in [0.15, 0.2) is 0 Å². The van der Waals surface area contributed by atoms with E-state index in [1.165, 1.54) is 0 Å². The van der Waals surface area contributed by atoms with Crippen LogP contribution < -0.4 is 0 Å². The number of amides is 1. The number of carbonyl (C=O) groups excluding carboxylic acids is 1. The Bertz CT molecular complexity index is 1200. The van der Waals surface area contributed by atoms with Crippen LogP contribution in [-0.2, 0) is 6.54 Å². The van der Waals surface area contributed by atoms with E-state index in [4.69, 9.17) is 0 Å². The Morgan fingerprint density at radius 3 is 2.48 bits per heavy atom. The van der Waals surface area contributed by atoms with Gasteiger partial charge in [-0.05, 0) is 40.5 Å². The van der Waals surface area contributed by atoms with Gasteiger partial charge in [-0.15, -0.1) is 10.2 Å². The van der Waals surface area contributed by atoms with E-state index in [-0.39, 0.29) is 11.9 Å². The molecule has 4 aromatic rings. The van der Waals surface area contributed by atoms with Crippen molar-refractivity contribution in [2.75, 3.05) is 0 Å². The summed E-state index contributed by atoms with van der Waals surface area (Å²) in [4.78, 5) is 19.5. The molecule has 7 heteroatoms. The van der Waals surface area contributed by atoms with E-state index in [1.54, 1.807) is 6.20 Å². The number of nitrogens with zero attached hydrogens (tertiary/aromatic N) is 5. The number of tetrazole rings is 1. The molecule has 2 aromatic heterocycles. The summed E-state index contributed by atoms with van der Waals surface area (Å²) < 4.78 is 0. The molecule has 0 aliphatic carbocycles. The normalized spacial score (nSPS) is 15.3. The second-order valence-corrected chi connectivity index (χ2v) is 7.65. The van der Waals surface area contributed by atoms with Gasteiger partial charge in [-0.25, -0.2) is 0 Å². The first-order chi connectivity index (χ1) is 15.3. The van der Waals surface area contributed by atoms with Gasteiger partial charge in [-0.3, -0.25) is 9.78 Å². The predicted molar refractivity (Wildman–Crippen MR) is 117 cm³/mol. The number of benzene rings is 2. The third kappa shape index (κ3) is 3.48. The highest BCUT2D eigenvalue weighted by Gasteiger charge is 2.36. The second-order valence-electron chi connectivity index (χ2n) is 7.65. The van der Waals surface area contributed by atoms with Crippen LogP contribution in [0.3, 0.4) is 0 Å². The van der Waals surface area contributed by atoms with Crippen LogP contribution in [0.5, 0.6) is 0 Å². The molecule has 1 N–H and O–H groups in total. The Balaban J connectivity index is 1.41. The molecule has 0 radical (unpaired) electrons. The average molecular weight is 410 g/mol. The molecule has 5 rings (SSSR count). The number of fused-ring (bicyclic) bond motifs is 1. The molecule has 7 nitrogen and oxygen atoms in total. The quantitative estimate of drug-likeness (QED) is 0.508. The van der Waals surface area contributed by atoms with Crippen molar-refractivity contribution in [1.29, 1.82) is 0 Å². The minimum Gasteiger partial charge on any atom is -0.326 e. The van der Waals surface area contributed by atoms with Crippen LogP contribution >= 0.6 is 0 Å². The van der Waals surface area contributed by atoms with E-state index >= 15 is 0 Å². The molecule has 0 spiro atoms. The molecule has 2 aromatic carbocycles. The maximum atomic E-state index is 13.0. The molecule has 1 unspecified atom stereocenters. The molecule has 0 fully saturated rings. The van der Waals surface area contributed by atoms with Gasteiger partial charge in [0.05, 0.1) is 17.3 Å². The summed E-state index contributed by atoms with van der Waals surface area (Å²) in [5.74, 6) is 0.628. The molecule has 3 heterocycles. The molecule has 1 atom stereocenters. The summed E-state index contributed by atoms with van der Waals surface area (Å²) in [7, 11) is 0. The maximum absolute atomic E-state index is 13.0.